The van der Waals surface area contributed by atoms with E-state index in [1.165, 1.54) is 12.1 Å². The fraction of sp³-hybridized carbons (Fsp3) is 0.455. The molecule has 0 saturated carbocycles. The minimum Gasteiger partial charge on any atom is -0.444 e. The molecule has 2 aromatic rings. The average Bonchev–Trinajstić information content (AvgIpc) is 2.74. The maximum absolute atomic E-state index is 14.7. The summed E-state index contributed by atoms with van der Waals surface area (Å²) in [6.07, 6.45) is -1.43. The van der Waals surface area contributed by atoms with Gasteiger partial charge in [-0.3, -0.25) is 10.1 Å². The van der Waals surface area contributed by atoms with Crippen LogP contribution in [0.2, 0.25) is 0 Å². The monoisotopic (exact) mass is 460 g/mol. The number of carbonyl (C=O) groups is 1. The number of piperidine rings is 1. The Hall–Kier alpha value is -3.63. The summed E-state index contributed by atoms with van der Waals surface area (Å²) in [5.74, 6) is 0.619. The molecule has 10 nitrogen and oxygen atoms in total. The van der Waals surface area contributed by atoms with Crippen molar-refractivity contribution in [2.45, 2.75) is 45.0 Å². The van der Waals surface area contributed by atoms with Crippen LogP contribution >= 0.6 is 0 Å². The molecule has 1 saturated heterocycles. The van der Waals surface area contributed by atoms with Crippen LogP contribution in [0.15, 0.2) is 36.4 Å². The van der Waals surface area contributed by atoms with E-state index in [1.807, 2.05) is 17.0 Å². The van der Waals surface area contributed by atoms with Gasteiger partial charge in [0.2, 0.25) is 5.82 Å². The molecule has 178 valence electrons. The molecule has 1 aliphatic heterocycles. The Morgan fingerprint density at radius 2 is 1.94 bits per heavy atom. The quantitative estimate of drug-likeness (QED) is 0.433. The topological polar surface area (TPSA) is 122 Å². The van der Waals surface area contributed by atoms with Gasteiger partial charge in [-0.05, 0) is 57.5 Å². The third kappa shape index (κ3) is 6.43. The van der Waals surface area contributed by atoms with Gasteiger partial charge < -0.3 is 25.6 Å². The molecule has 1 amide bonds. The van der Waals surface area contributed by atoms with Gasteiger partial charge in [-0.15, -0.1) is 0 Å². The number of alkyl carbamates (subject to hydrolysis) is 1. The zero-order valence-electron chi connectivity index (χ0n) is 19.1. The second-order valence-corrected chi connectivity index (χ2v) is 8.75. The molecule has 2 atom stereocenters. The van der Waals surface area contributed by atoms with Crippen molar-refractivity contribution in [1.29, 1.82) is 0 Å². The molecule has 11 heteroatoms. The van der Waals surface area contributed by atoms with E-state index in [2.05, 4.69) is 20.9 Å². The number of nitrogens with one attached hydrogen (secondary N) is 3. The largest absolute Gasteiger partial charge is 0.444 e. The molecule has 1 aromatic carbocycles. The van der Waals surface area contributed by atoms with Gasteiger partial charge in [0.25, 0.3) is 0 Å². The molecule has 1 fully saturated rings. The number of hydrogen-bond acceptors (Lipinski definition) is 8. The third-order valence-corrected chi connectivity index (χ3v) is 5.07. The van der Waals surface area contributed by atoms with Gasteiger partial charge in [0, 0.05) is 31.0 Å². The van der Waals surface area contributed by atoms with Gasteiger partial charge in [0.15, 0.2) is 0 Å². The molecule has 2 unspecified atom stereocenters. The first kappa shape index (κ1) is 24.0. The van der Waals surface area contributed by atoms with Crippen molar-refractivity contribution in [3.63, 3.8) is 0 Å². The van der Waals surface area contributed by atoms with Gasteiger partial charge in [0.05, 0.1) is 17.5 Å². The average molecular weight is 461 g/mol. The molecule has 0 spiro atoms. The summed E-state index contributed by atoms with van der Waals surface area (Å²) in [5.41, 5.74) is 0.639. The first-order valence-corrected chi connectivity index (χ1v) is 10.6. The number of hydrogen-bond donors (Lipinski definition) is 3. The van der Waals surface area contributed by atoms with E-state index < -0.39 is 28.8 Å². The summed E-state index contributed by atoms with van der Waals surface area (Å²) in [5, 5.41) is 19.7. The Bertz CT molecular complexity index is 995. The zero-order chi connectivity index (χ0) is 24.2. The van der Waals surface area contributed by atoms with Crippen molar-refractivity contribution in [3.8, 4) is 0 Å². The molecule has 0 radical (unpaired) electrons. The number of halogens is 1. The van der Waals surface area contributed by atoms with Crippen LogP contribution < -0.4 is 20.9 Å². The SMILES string of the molecule is CNc1ccc([N+](=O)[O-])c(Nc2ccc(N3CCC(NC(=O)OC(C)(C)C)C(F)C3)cc2)n1. The summed E-state index contributed by atoms with van der Waals surface area (Å²) in [4.78, 5) is 28.8. The smallest absolute Gasteiger partial charge is 0.407 e. The Morgan fingerprint density at radius 3 is 2.52 bits per heavy atom. The van der Waals surface area contributed by atoms with E-state index in [0.717, 1.165) is 5.69 Å². The van der Waals surface area contributed by atoms with Gasteiger partial charge >= 0.3 is 11.8 Å². The highest BCUT2D eigenvalue weighted by atomic mass is 19.1. The van der Waals surface area contributed by atoms with E-state index in [0.29, 0.717) is 24.5 Å². The van der Waals surface area contributed by atoms with E-state index in [-0.39, 0.29) is 18.1 Å². The number of pyridine rings is 1. The highest BCUT2D eigenvalue weighted by Gasteiger charge is 2.31. The number of benzene rings is 1. The van der Waals surface area contributed by atoms with Crippen LogP contribution in [-0.2, 0) is 4.74 Å². The third-order valence-electron chi connectivity index (χ3n) is 5.07. The van der Waals surface area contributed by atoms with E-state index in [9.17, 15) is 19.3 Å². The number of anilines is 4. The minimum absolute atomic E-state index is 0.123. The Kier molecular flexibility index (Phi) is 7.19. The molecule has 33 heavy (non-hydrogen) atoms. The lowest BCUT2D eigenvalue weighted by molar-refractivity contribution is -0.384. The number of alkyl halides is 1. The number of nitro groups is 1. The second kappa shape index (κ2) is 9.88. The maximum atomic E-state index is 14.7. The van der Waals surface area contributed by atoms with E-state index in [4.69, 9.17) is 4.74 Å². The first-order chi connectivity index (χ1) is 15.6. The summed E-state index contributed by atoms with van der Waals surface area (Å²) < 4.78 is 19.9. The molecule has 0 bridgehead atoms. The lowest BCUT2D eigenvalue weighted by Gasteiger charge is -2.36. The second-order valence-electron chi connectivity index (χ2n) is 8.75. The van der Waals surface area contributed by atoms with Gasteiger partial charge in [-0.25, -0.2) is 14.2 Å². The van der Waals surface area contributed by atoms with E-state index in [1.54, 1.807) is 40.0 Å². The van der Waals surface area contributed by atoms with Crippen LogP contribution in [0.4, 0.5) is 37.9 Å². The normalized spacial score (nSPS) is 18.4. The van der Waals surface area contributed by atoms with Crippen LogP contribution in [0, 0.1) is 10.1 Å². The molecule has 1 aromatic heterocycles. The lowest BCUT2D eigenvalue weighted by Crippen LogP contribution is -2.53. The Balaban J connectivity index is 1.62. The zero-order valence-corrected chi connectivity index (χ0v) is 19.1. The van der Waals surface area contributed by atoms with Crippen LogP contribution in [0.5, 0.6) is 0 Å². The fourth-order valence-electron chi connectivity index (χ4n) is 3.48. The summed E-state index contributed by atoms with van der Waals surface area (Å²) >= 11 is 0. The van der Waals surface area contributed by atoms with Crippen LogP contribution in [0.25, 0.3) is 0 Å². The summed E-state index contributed by atoms with van der Waals surface area (Å²) in [6.45, 7) is 5.96. The predicted octanol–water partition coefficient (Wildman–Crippen LogP) is 4.22. The van der Waals surface area contributed by atoms with Crippen molar-refractivity contribution in [2.75, 3.05) is 35.7 Å². The van der Waals surface area contributed by atoms with Crippen molar-refractivity contribution in [2.24, 2.45) is 0 Å². The highest BCUT2D eigenvalue weighted by molar-refractivity contribution is 5.69. The van der Waals surface area contributed by atoms with Crippen molar-refractivity contribution in [3.05, 3.63) is 46.5 Å². The number of ether oxygens (including phenoxy) is 1. The molecule has 2 heterocycles. The molecule has 3 N–H and O–H groups in total. The number of nitrogens with zero attached hydrogens (tertiary/aromatic N) is 3. The number of aromatic nitrogens is 1. The van der Waals surface area contributed by atoms with Gasteiger partial charge in [-0.2, -0.15) is 0 Å². The molecular formula is C22H29FN6O4. The summed E-state index contributed by atoms with van der Waals surface area (Å²) in [6, 6.07) is 9.43. The Morgan fingerprint density at radius 1 is 1.24 bits per heavy atom. The molecule has 0 aliphatic carbocycles. The van der Waals surface area contributed by atoms with Crippen molar-refractivity contribution >= 4 is 34.8 Å². The maximum Gasteiger partial charge on any atom is 0.407 e. The standard InChI is InChI=1S/C22H29FN6O4/c1-22(2,3)33-21(30)26-17-11-12-28(13-16(17)23)15-7-5-14(6-8-15)25-20-18(29(31)32)9-10-19(24-4)27-20/h5-10,16-17H,11-13H2,1-4H3,(H,26,30)(H2,24,25,27). The minimum atomic E-state index is -1.25. The molecule has 3 rings (SSSR count). The van der Waals surface area contributed by atoms with Crippen LogP contribution in [0.1, 0.15) is 27.2 Å². The van der Waals surface area contributed by atoms with Crippen molar-refractivity contribution in [1.82, 2.24) is 10.3 Å². The van der Waals surface area contributed by atoms with Crippen LogP contribution in [-0.4, -0.2) is 54.0 Å². The van der Waals surface area contributed by atoms with Crippen LogP contribution in [0.3, 0.4) is 0 Å². The number of rotatable bonds is 6. The Labute approximate surface area is 191 Å². The first-order valence-electron chi connectivity index (χ1n) is 10.6. The number of carbonyl (C=O) groups excluding carboxylic acids is 1. The van der Waals surface area contributed by atoms with Crippen molar-refractivity contribution < 1.29 is 18.8 Å². The fourth-order valence-corrected chi connectivity index (χ4v) is 3.48. The predicted molar refractivity (Wildman–Crippen MR) is 125 cm³/mol. The lowest BCUT2D eigenvalue weighted by atomic mass is 10.0. The highest BCUT2D eigenvalue weighted by Crippen LogP contribution is 2.29. The summed E-state index contributed by atoms with van der Waals surface area (Å²) in [7, 11) is 1.68. The van der Waals surface area contributed by atoms with Gasteiger partial charge in [-0.1, -0.05) is 0 Å². The van der Waals surface area contributed by atoms with Gasteiger partial charge in [0.1, 0.15) is 17.6 Å². The molecule has 1 aliphatic rings. The number of amides is 1. The molecular weight excluding hydrogens is 431 g/mol. The van der Waals surface area contributed by atoms with E-state index >= 15 is 0 Å².